The lowest BCUT2D eigenvalue weighted by molar-refractivity contribution is 0.378. The Kier molecular flexibility index (Phi) is 3.43. The van der Waals surface area contributed by atoms with Gasteiger partial charge in [-0.2, -0.15) is 0 Å². The van der Waals surface area contributed by atoms with Crippen molar-refractivity contribution >= 4 is 5.84 Å². The second-order valence-corrected chi connectivity index (χ2v) is 3.52. The van der Waals surface area contributed by atoms with Gasteiger partial charge in [-0.25, -0.2) is 4.98 Å². The van der Waals surface area contributed by atoms with Gasteiger partial charge in [0.2, 0.25) is 0 Å². The Morgan fingerprint density at radius 2 is 1.78 bits per heavy atom. The number of pyridine rings is 1. The number of nitrogens with zero attached hydrogens (tertiary/aromatic N) is 1. The molecule has 1 aromatic carbocycles. The maximum Gasteiger partial charge on any atom is 0.169 e. The van der Waals surface area contributed by atoms with E-state index < -0.39 is 0 Å². The molecule has 5 nitrogen and oxygen atoms in total. The van der Waals surface area contributed by atoms with Gasteiger partial charge in [0.1, 0.15) is 11.5 Å². The smallest absolute Gasteiger partial charge is 0.169 e. The molecule has 2 aromatic rings. The van der Waals surface area contributed by atoms with Crippen molar-refractivity contribution in [3.63, 3.8) is 0 Å². The van der Waals surface area contributed by atoms with Crippen molar-refractivity contribution in [2.45, 2.75) is 0 Å². The van der Waals surface area contributed by atoms with Gasteiger partial charge in [-0.1, -0.05) is 12.1 Å². The first kappa shape index (κ1) is 11.9. The zero-order valence-corrected chi connectivity index (χ0v) is 9.88. The minimum Gasteiger partial charge on any atom is -0.493 e. The summed E-state index contributed by atoms with van der Waals surface area (Å²) >= 11 is 0. The number of aromatic nitrogens is 1. The second kappa shape index (κ2) is 5.18. The third kappa shape index (κ3) is 2.40. The Bertz CT molecular complexity index is 570. The van der Waals surface area contributed by atoms with Crippen LogP contribution >= 0.6 is 0 Å². The van der Waals surface area contributed by atoms with Crippen molar-refractivity contribution in [3.05, 3.63) is 48.3 Å². The van der Waals surface area contributed by atoms with Crippen LogP contribution in [0.15, 0.2) is 42.6 Å². The molecule has 0 radical (unpaired) electrons. The van der Waals surface area contributed by atoms with Gasteiger partial charge in [-0.05, 0) is 24.3 Å². The molecule has 0 saturated heterocycles. The Morgan fingerprint density at radius 1 is 1.11 bits per heavy atom. The summed E-state index contributed by atoms with van der Waals surface area (Å²) in [7, 11) is 1.57. The van der Waals surface area contributed by atoms with Gasteiger partial charge in [0.15, 0.2) is 17.2 Å². The van der Waals surface area contributed by atoms with Crippen molar-refractivity contribution in [2.24, 2.45) is 5.73 Å². The molecule has 1 aromatic heterocycles. The standard InChI is InChI=1S/C13H13N3O2/c1-17-9-5-2-3-6-10(9)18-11-7-4-8-16-12(11)13(14)15/h2-8H,1H3,(H3,14,15). The molecule has 0 aliphatic heterocycles. The van der Waals surface area contributed by atoms with E-state index >= 15 is 0 Å². The van der Waals surface area contributed by atoms with Crippen LogP contribution in [0.2, 0.25) is 0 Å². The number of hydrogen-bond acceptors (Lipinski definition) is 4. The largest absolute Gasteiger partial charge is 0.493 e. The summed E-state index contributed by atoms with van der Waals surface area (Å²) in [5.41, 5.74) is 5.76. The van der Waals surface area contributed by atoms with Gasteiger partial charge in [0.05, 0.1) is 7.11 Å². The number of ether oxygens (including phenoxy) is 2. The number of benzene rings is 1. The highest BCUT2D eigenvalue weighted by atomic mass is 16.5. The molecule has 18 heavy (non-hydrogen) atoms. The summed E-state index contributed by atoms with van der Waals surface area (Å²) in [5, 5.41) is 7.44. The molecular formula is C13H13N3O2. The van der Waals surface area contributed by atoms with Crippen LogP contribution in [-0.4, -0.2) is 17.9 Å². The van der Waals surface area contributed by atoms with Crippen LogP contribution in [-0.2, 0) is 0 Å². The molecular weight excluding hydrogens is 230 g/mol. The van der Waals surface area contributed by atoms with Crippen LogP contribution in [0.4, 0.5) is 0 Å². The minimum atomic E-state index is -0.138. The average Bonchev–Trinajstić information content (AvgIpc) is 2.40. The second-order valence-electron chi connectivity index (χ2n) is 3.52. The van der Waals surface area contributed by atoms with E-state index in [1.807, 2.05) is 12.1 Å². The molecule has 0 atom stereocenters. The molecule has 0 aliphatic carbocycles. The van der Waals surface area contributed by atoms with Crippen molar-refractivity contribution in [1.29, 1.82) is 5.41 Å². The average molecular weight is 243 g/mol. The Hall–Kier alpha value is -2.56. The summed E-state index contributed by atoms with van der Waals surface area (Å²) in [4.78, 5) is 4.01. The maximum atomic E-state index is 7.44. The first-order valence-electron chi connectivity index (χ1n) is 5.32. The zero-order chi connectivity index (χ0) is 13.0. The van der Waals surface area contributed by atoms with Crippen molar-refractivity contribution < 1.29 is 9.47 Å². The summed E-state index contributed by atoms with van der Waals surface area (Å²) in [6.45, 7) is 0. The van der Waals surface area contributed by atoms with Crippen LogP contribution < -0.4 is 15.2 Å². The molecule has 2 rings (SSSR count). The van der Waals surface area contributed by atoms with Gasteiger partial charge >= 0.3 is 0 Å². The van der Waals surface area contributed by atoms with Gasteiger partial charge in [-0.3, -0.25) is 5.41 Å². The third-order valence-electron chi connectivity index (χ3n) is 2.31. The Labute approximate surface area is 105 Å². The number of amidine groups is 1. The van der Waals surface area contributed by atoms with Crippen LogP contribution in [0.25, 0.3) is 0 Å². The number of para-hydroxylation sites is 2. The number of methoxy groups -OCH3 is 1. The van der Waals surface area contributed by atoms with Gasteiger partial charge in [-0.15, -0.1) is 0 Å². The highest BCUT2D eigenvalue weighted by Crippen LogP contribution is 2.31. The van der Waals surface area contributed by atoms with E-state index in [2.05, 4.69) is 4.98 Å². The quantitative estimate of drug-likeness (QED) is 0.637. The van der Waals surface area contributed by atoms with Gasteiger partial charge < -0.3 is 15.2 Å². The topological polar surface area (TPSA) is 81.2 Å². The zero-order valence-electron chi connectivity index (χ0n) is 9.88. The van der Waals surface area contributed by atoms with Crippen LogP contribution in [0.3, 0.4) is 0 Å². The lowest BCUT2D eigenvalue weighted by Crippen LogP contribution is -2.14. The molecule has 0 bridgehead atoms. The lowest BCUT2D eigenvalue weighted by Gasteiger charge is -2.11. The molecule has 5 heteroatoms. The molecule has 0 unspecified atom stereocenters. The molecule has 0 aliphatic rings. The molecule has 0 spiro atoms. The predicted octanol–water partition coefficient (Wildman–Crippen LogP) is 2.17. The van der Waals surface area contributed by atoms with E-state index in [1.165, 1.54) is 0 Å². The molecule has 3 N–H and O–H groups in total. The normalized spacial score (nSPS) is 9.83. The monoisotopic (exact) mass is 243 g/mol. The lowest BCUT2D eigenvalue weighted by atomic mass is 10.3. The number of hydrogen-bond donors (Lipinski definition) is 2. The third-order valence-corrected chi connectivity index (χ3v) is 2.31. The molecule has 0 saturated carbocycles. The summed E-state index contributed by atoms with van der Waals surface area (Å²) in [5.74, 6) is 1.45. The first-order chi connectivity index (χ1) is 8.72. The predicted molar refractivity (Wildman–Crippen MR) is 68.3 cm³/mol. The minimum absolute atomic E-state index is 0.138. The van der Waals surface area contributed by atoms with E-state index in [9.17, 15) is 0 Å². The highest BCUT2D eigenvalue weighted by molar-refractivity contribution is 5.95. The van der Waals surface area contributed by atoms with Crippen LogP contribution in [0.1, 0.15) is 5.69 Å². The number of nitrogens with one attached hydrogen (secondary N) is 1. The van der Waals surface area contributed by atoms with E-state index in [0.717, 1.165) is 0 Å². The van der Waals surface area contributed by atoms with Crippen LogP contribution in [0, 0.1) is 5.41 Å². The number of nitrogen functional groups attached to an aromatic ring is 1. The number of nitrogens with two attached hydrogens (primary N) is 1. The maximum absolute atomic E-state index is 7.44. The fraction of sp³-hybridized carbons (Fsp3) is 0.0769. The molecule has 0 fully saturated rings. The first-order valence-corrected chi connectivity index (χ1v) is 5.32. The molecule has 0 amide bonds. The van der Waals surface area contributed by atoms with E-state index in [-0.39, 0.29) is 5.84 Å². The molecule has 1 heterocycles. The van der Waals surface area contributed by atoms with Crippen molar-refractivity contribution in [3.8, 4) is 17.2 Å². The van der Waals surface area contributed by atoms with E-state index in [0.29, 0.717) is 22.9 Å². The van der Waals surface area contributed by atoms with Crippen molar-refractivity contribution in [2.75, 3.05) is 7.11 Å². The summed E-state index contributed by atoms with van der Waals surface area (Å²) < 4.78 is 10.9. The Balaban J connectivity index is 2.37. The van der Waals surface area contributed by atoms with E-state index in [4.69, 9.17) is 20.6 Å². The Morgan fingerprint density at radius 3 is 2.44 bits per heavy atom. The fourth-order valence-corrected chi connectivity index (χ4v) is 1.50. The van der Waals surface area contributed by atoms with Gasteiger partial charge in [0.25, 0.3) is 0 Å². The summed E-state index contributed by atoms with van der Waals surface area (Å²) in [6, 6.07) is 10.7. The fourth-order valence-electron chi connectivity index (χ4n) is 1.50. The highest BCUT2D eigenvalue weighted by Gasteiger charge is 2.10. The SMILES string of the molecule is COc1ccccc1Oc1cccnc1C(=N)N. The number of rotatable bonds is 4. The van der Waals surface area contributed by atoms with E-state index in [1.54, 1.807) is 37.6 Å². The molecule has 92 valence electrons. The summed E-state index contributed by atoms with van der Waals surface area (Å²) in [6.07, 6.45) is 1.56. The van der Waals surface area contributed by atoms with Crippen LogP contribution in [0.5, 0.6) is 17.2 Å². The van der Waals surface area contributed by atoms with Gasteiger partial charge in [0, 0.05) is 6.20 Å². The van der Waals surface area contributed by atoms with Crippen molar-refractivity contribution in [1.82, 2.24) is 4.98 Å².